The zero-order chi connectivity index (χ0) is 13.8. The van der Waals surface area contributed by atoms with E-state index in [2.05, 4.69) is 21.0 Å². The second kappa shape index (κ2) is 6.31. The van der Waals surface area contributed by atoms with E-state index < -0.39 is 0 Å². The molecule has 0 amide bonds. The van der Waals surface area contributed by atoms with Crippen LogP contribution in [0.3, 0.4) is 0 Å². The van der Waals surface area contributed by atoms with Crippen molar-refractivity contribution in [1.82, 2.24) is 9.78 Å². The molecule has 5 nitrogen and oxygen atoms in total. The van der Waals surface area contributed by atoms with Gasteiger partial charge < -0.3 is 10.5 Å². The topological polar surface area (TPSA) is 70.1 Å². The van der Waals surface area contributed by atoms with E-state index in [4.69, 9.17) is 10.5 Å². The van der Waals surface area contributed by atoms with E-state index in [1.165, 1.54) is 16.9 Å². The number of halogens is 1. The number of nitrogens with two attached hydrogens (primary N) is 1. The van der Waals surface area contributed by atoms with Gasteiger partial charge in [-0.25, -0.2) is 4.68 Å². The van der Waals surface area contributed by atoms with Crippen molar-refractivity contribution in [3.63, 3.8) is 0 Å². The van der Waals surface area contributed by atoms with Gasteiger partial charge in [0, 0.05) is 17.0 Å². The molecule has 2 heterocycles. The molecule has 0 fully saturated rings. The van der Waals surface area contributed by atoms with Crippen molar-refractivity contribution in [3.8, 4) is 5.75 Å². The minimum absolute atomic E-state index is 0.0779. The minimum Gasteiger partial charge on any atom is -0.490 e. The highest BCUT2D eigenvalue weighted by Gasteiger charge is 2.05. The minimum atomic E-state index is -0.188. The Morgan fingerprint density at radius 1 is 1.58 bits per heavy atom. The van der Waals surface area contributed by atoms with Crippen LogP contribution in [0.1, 0.15) is 11.8 Å². The van der Waals surface area contributed by atoms with Crippen molar-refractivity contribution in [1.29, 1.82) is 0 Å². The number of hydrogen-bond donors (Lipinski definition) is 1. The summed E-state index contributed by atoms with van der Waals surface area (Å²) in [5.74, 6) is 0.450. The Kier molecular flexibility index (Phi) is 4.73. The first kappa shape index (κ1) is 14.2. The maximum atomic E-state index is 11.9. The first-order valence-corrected chi connectivity index (χ1v) is 7.35. The maximum absolute atomic E-state index is 11.9. The van der Waals surface area contributed by atoms with Gasteiger partial charge in [-0.15, -0.1) is 11.3 Å². The second-order valence-corrected chi connectivity index (χ2v) is 6.73. The van der Waals surface area contributed by atoms with Gasteiger partial charge in [0.1, 0.15) is 12.4 Å². The number of hydrogen-bond acceptors (Lipinski definition) is 5. The van der Waals surface area contributed by atoms with Crippen molar-refractivity contribution in [2.24, 2.45) is 5.73 Å². The number of rotatable bonds is 5. The van der Waals surface area contributed by atoms with Crippen molar-refractivity contribution in [2.75, 3.05) is 6.61 Å². The van der Waals surface area contributed by atoms with Gasteiger partial charge in [0.25, 0.3) is 5.56 Å². The fourth-order valence-electron chi connectivity index (χ4n) is 1.43. The normalized spacial score (nSPS) is 12.4. The first-order valence-electron chi connectivity index (χ1n) is 5.74. The van der Waals surface area contributed by atoms with Crippen LogP contribution < -0.4 is 16.0 Å². The summed E-state index contributed by atoms with van der Waals surface area (Å²) in [5, 5.41) is 4.09. The number of aromatic nitrogens is 2. The zero-order valence-electron chi connectivity index (χ0n) is 10.4. The van der Waals surface area contributed by atoms with Crippen LogP contribution in [0.4, 0.5) is 0 Å². The van der Waals surface area contributed by atoms with Crippen LogP contribution in [-0.2, 0) is 6.54 Å². The Labute approximate surface area is 123 Å². The Morgan fingerprint density at radius 2 is 2.37 bits per heavy atom. The quantitative estimate of drug-likeness (QED) is 0.899. The van der Waals surface area contributed by atoms with E-state index in [-0.39, 0.29) is 11.6 Å². The first-order chi connectivity index (χ1) is 9.04. The van der Waals surface area contributed by atoms with E-state index in [1.54, 1.807) is 11.3 Å². The van der Waals surface area contributed by atoms with Gasteiger partial charge in [0.2, 0.25) is 0 Å². The molecule has 0 radical (unpaired) electrons. The Bertz CT molecular complexity index is 609. The lowest BCUT2D eigenvalue weighted by atomic mass is 10.4. The molecule has 0 saturated heterocycles. The van der Waals surface area contributed by atoms with Gasteiger partial charge in [-0.3, -0.25) is 4.79 Å². The molecule has 0 spiro atoms. The van der Waals surface area contributed by atoms with Crippen LogP contribution in [-0.4, -0.2) is 22.4 Å². The third-order valence-electron chi connectivity index (χ3n) is 2.29. The summed E-state index contributed by atoms with van der Waals surface area (Å²) in [7, 11) is 0. The zero-order valence-corrected chi connectivity index (χ0v) is 12.8. The van der Waals surface area contributed by atoms with Gasteiger partial charge in [0.15, 0.2) is 0 Å². The largest absolute Gasteiger partial charge is 0.490 e. The van der Waals surface area contributed by atoms with E-state index >= 15 is 0 Å². The Hall–Kier alpha value is -1.18. The average molecular weight is 344 g/mol. The third kappa shape index (κ3) is 4.15. The number of thiophene rings is 1. The molecule has 1 unspecified atom stereocenters. The fraction of sp³-hybridized carbons (Fsp3) is 0.333. The summed E-state index contributed by atoms with van der Waals surface area (Å²) in [5.41, 5.74) is 5.39. The van der Waals surface area contributed by atoms with Gasteiger partial charge in [-0.05, 0) is 35.0 Å². The molecular weight excluding hydrogens is 330 g/mol. The molecule has 0 aliphatic heterocycles. The van der Waals surface area contributed by atoms with Gasteiger partial charge in [-0.1, -0.05) is 0 Å². The molecule has 0 aliphatic rings. The summed E-state index contributed by atoms with van der Waals surface area (Å²) < 4.78 is 7.79. The third-order valence-corrected chi connectivity index (χ3v) is 3.90. The molecule has 0 bridgehead atoms. The fourth-order valence-corrected chi connectivity index (χ4v) is 2.89. The second-order valence-electron chi connectivity index (χ2n) is 4.18. The summed E-state index contributed by atoms with van der Waals surface area (Å²) in [6, 6.07) is 5.26. The van der Waals surface area contributed by atoms with Gasteiger partial charge in [0.05, 0.1) is 16.5 Å². The average Bonchev–Trinajstić information content (AvgIpc) is 2.75. The molecular formula is C12H14BrN3O2S. The van der Waals surface area contributed by atoms with E-state index in [0.29, 0.717) is 18.9 Å². The van der Waals surface area contributed by atoms with Gasteiger partial charge in [-0.2, -0.15) is 5.10 Å². The van der Waals surface area contributed by atoms with Crippen LogP contribution in [0.2, 0.25) is 0 Å². The standard InChI is InChI=1S/C12H14BrN3O2S/c1-8(14)7-18-9-4-12(17)16(15-5-9)6-10-2-3-11(13)19-10/h2-5,8H,6-7,14H2,1H3. The van der Waals surface area contributed by atoms with E-state index in [1.807, 2.05) is 19.1 Å². The Balaban J connectivity index is 2.09. The van der Waals surface area contributed by atoms with Crippen molar-refractivity contribution in [2.45, 2.75) is 19.5 Å². The highest BCUT2D eigenvalue weighted by Crippen LogP contribution is 2.22. The van der Waals surface area contributed by atoms with Crippen molar-refractivity contribution >= 4 is 27.3 Å². The molecule has 2 aromatic heterocycles. The summed E-state index contributed by atoms with van der Waals surface area (Å²) in [4.78, 5) is 12.9. The maximum Gasteiger partial charge on any atom is 0.270 e. The molecule has 7 heteroatoms. The van der Waals surface area contributed by atoms with Crippen LogP contribution in [0.15, 0.2) is 33.0 Å². The van der Waals surface area contributed by atoms with Crippen LogP contribution >= 0.6 is 27.3 Å². The molecule has 19 heavy (non-hydrogen) atoms. The van der Waals surface area contributed by atoms with Crippen molar-refractivity contribution < 1.29 is 4.74 Å². The lowest BCUT2D eigenvalue weighted by Gasteiger charge is -2.09. The lowest BCUT2D eigenvalue weighted by Crippen LogP contribution is -2.26. The van der Waals surface area contributed by atoms with Crippen LogP contribution in [0, 0.1) is 0 Å². The molecule has 0 aliphatic carbocycles. The number of nitrogens with zero attached hydrogens (tertiary/aromatic N) is 2. The lowest BCUT2D eigenvalue weighted by molar-refractivity contribution is 0.293. The molecule has 102 valence electrons. The molecule has 0 saturated carbocycles. The van der Waals surface area contributed by atoms with Crippen LogP contribution in [0.5, 0.6) is 5.75 Å². The highest BCUT2D eigenvalue weighted by atomic mass is 79.9. The van der Waals surface area contributed by atoms with Crippen molar-refractivity contribution in [3.05, 3.63) is 43.4 Å². The molecule has 2 N–H and O–H groups in total. The van der Waals surface area contributed by atoms with Gasteiger partial charge >= 0.3 is 0 Å². The summed E-state index contributed by atoms with van der Waals surface area (Å²) >= 11 is 4.97. The monoisotopic (exact) mass is 343 g/mol. The molecule has 2 aromatic rings. The smallest absolute Gasteiger partial charge is 0.270 e. The number of ether oxygens (including phenoxy) is 1. The predicted octanol–water partition coefficient (Wildman–Crippen LogP) is 1.84. The SMILES string of the molecule is CC(N)COc1cnn(Cc2ccc(Br)s2)c(=O)c1. The summed E-state index contributed by atoms with van der Waals surface area (Å²) in [6.07, 6.45) is 1.53. The summed E-state index contributed by atoms with van der Waals surface area (Å²) in [6.45, 7) is 2.66. The van der Waals surface area contributed by atoms with E-state index in [9.17, 15) is 4.79 Å². The molecule has 2 rings (SSSR count). The van der Waals surface area contributed by atoms with Crippen LogP contribution in [0.25, 0.3) is 0 Å². The highest BCUT2D eigenvalue weighted by molar-refractivity contribution is 9.11. The molecule has 0 aromatic carbocycles. The Morgan fingerprint density at radius 3 is 2.95 bits per heavy atom. The molecule has 1 atom stereocenters. The predicted molar refractivity (Wildman–Crippen MR) is 78.8 cm³/mol. The van der Waals surface area contributed by atoms with E-state index in [0.717, 1.165) is 8.66 Å².